The average Bonchev–Trinajstić information content (AvgIpc) is 2.42. The highest BCUT2D eigenvalue weighted by molar-refractivity contribution is 14.0. The first-order valence-corrected chi connectivity index (χ1v) is 9.00. The van der Waals surface area contributed by atoms with E-state index in [9.17, 15) is 0 Å². The molecule has 1 unspecified atom stereocenters. The summed E-state index contributed by atoms with van der Waals surface area (Å²) < 4.78 is 5.80. The van der Waals surface area contributed by atoms with E-state index in [-0.39, 0.29) is 29.4 Å². The van der Waals surface area contributed by atoms with E-state index in [1.165, 1.54) is 0 Å². The highest BCUT2D eigenvalue weighted by atomic mass is 127. The number of nitrogens with zero attached hydrogens (tertiary/aromatic N) is 2. The van der Waals surface area contributed by atoms with Crippen LogP contribution in [0.2, 0.25) is 0 Å². The van der Waals surface area contributed by atoms with Crippen molar-refractivity contribution < 1.29 is 4.74 Å². The third kappa shape index (κ3) is 13.2. The highest BCUT2D eigenvalue weighted by Gasteiger charge is 2.19. The van der Waals surface area contributed by atoms with Crippen molar-refractivity contribution in [1.82, 2.24) is 15.5 Å². The van der Waals surface area contributed by atoms with E-state index in [2.05, 4.69) is 71.2 Å². The van der Waals surface area contributed by atoms with Crippen LogP contribution in [0.1, 0.15) is 48.0 Å². The van der Waals surface area contributed by atoms with Gasteiger partial charge in [0.05, 0.1) is 6.10 Å². The first-order chi connectivity index (χ1) is 10.7. The summed E-state index contributed by atoms with van der Waals surface area (Å²) in [6.45, 7) is 17.4. The zero-order valence-corrected chi connectivity index (χ0v) is 19.4. The summed E-state index contributed by atoms with van der Waals surface area (Å²) in [5, 5.41) is 6.76. The second-order valence-corrected chi connectivity index (χ2v) is 7.55. The number of nitrogens with one attached hydrogen (secondary N) is 2. The maximum Gasteiger partial charge on any atom is 0.191 e. The molecule has 0 rings (SSSR count). The molecule has 146 valence electrons. The van der Waals surface area contributed by atoms with Gasteiger partial charge < -0.3 is 20.3 Å². The summed E-state index contributed by atoms with van der Waals surface area (Å²) in [7, 11) is 4.21. The van der Waals surface area contributed by atoms with Crippen LogP contribution in [-0.4, -0.2) is 63.8 Å². The lowest BCUT2D eigenvalue weighted by atomic mass is 9.93. The van der Waals surface area contributed by atoms with Crippen LogP contribution in [0.5, 0.6) is 0 Å². The summed E-state index contributed by atoms with van der Waals surface area (Å²) >= 11 is 0. The van der Waals surface area contributed by atoms with Crippen LogP contribution in [0, 0.1) is 11.3 Å². The Morgan fingerprint density at radius 3 is 2.25 bits per heavy atom. The van der Waals surface area contributed by atoms with Gasteiger partial charge in [-0.25, -0.2) is 0 Å². The fourth-order valence-electron chi connectivity index (χ4n) is 2.70. The third-order valence-electron chi connectivity index (χ3n) is 3.60. The van der Waals surface area contributed by atoms with Crippen molar-refractivity contribution in [3.05, 3.63) is 0 Å². The normalized spacial score (nSPS) is 13.8. The van der Waals surface area contributed by atoms with Gasteiger partial charge in [-0.15, -0.1) is 24.0 Å². The predicted octanol–water partition coefficient (Wildman–Crippen LogP) is 3.20. The van der Waals surface area contributed by atoms with Crippen molar-refractivity contribution in [2.24, 2.45) is 16.3 Å². The van der Waals surface area contributed by atoms with E-state index >= 15 is 0 Å². The van der Waals surface area contributed by atoms with Crippen LogP contribution in [-0.2, 0) is 4.74 Å². The molecule has 0 aliphatic rings. The molecule has 0 aromatic carbocycles. The topological polar surface area (TPSA) is 48.9 Å². The number of rotatable bonds is 11. The van der Waals surface area contributed by atoms with Gasteiger partial charge in [-0.2, -0.15) is 0 Å². The molecule has 0 radical (unpaired) electrons. The molecule has 24 heavy (non-hydrogen) atoms. The Morgan fingerprint density at radius 1 is 1.17 bits per heavy atom. The van der Waals surface area contributed by atoms with Crippen LogP contribution in [0.4, 0.5) is 0 Å². The van der Waals surface area contributed by atoms with E-state index < -0.39 is 0 Å². The lowest BCUT2D eigenvalue weighted by molar-refractivity contribution is 0.0258. The van der Waals surface area contributed by atoms with E-state index in [0.717, 1.165) is 45.2 Å². The van der Waals surface area contributed by atoms with Gasteiger partial charge >= 0.3 is 0 Å². The number of aliphatic imine (C=N–C) groups is 1. The first kappa shape index (κ1) is 26.2. The molecule has 0 aliphatic carbocycles. The molecular formula is C18H41IN4O. The summed E-state index contributed by atoms with van der Waals surface area (Å²) in [6, 6.07) is 0. The van der Waals surface area contributed by atoms with Crippen molar-refractivity contribution in [3.63, 3.8) is 0 Å². The Morgan fingerprint density at radius 2 is 1.79 bits per heavy atom. The smallest absolute Gasteiger partial charge is 0.191 e. The maximum atomic E-state index is 5.80. The Labute approximate surface area is 167 Å². The fraction of sp³-hybridized carbons (Fsp3) is 0.944. The molecule has 0 aromatic rings. The van der Waals surface area contributed by atoms with Gasteiger partial charge in [-0.05, 0) is 45.7 Å². The lowest BCUT2D eigenvalue weighted by Crippen LogP contribution is -2.40. The van der Waals surface area contributed by atoms with Gasteiger partial charge in [0.25, 0.3) is 0 Å². The van der Waals surface area contributed by atoms with Gasteiger partial charge in [-0.3, -0.25) is 4.99 Å². The quantitative estimate of drug-likeness (QED) is 0.285. The van der Waals surface area contributed by atoms with Crippen LogP contribution in [0.3, 0.4) is 0 Å². The van der Waals surface area contributed by atoms with Gasteiger partial charge in [0.2, 0.25) is 0 Å². The predicted molar refractivity (Wildman–Crippen MR) is 117 cm³/mol. The SMILES string of the molecule is CCNC(=NCC(C)(C)CN(C)C)NCCC(OCC)C(C)C.I. The average molecular weight is 456 g/mol. The van der Waals surface area contributed by atoms with Crippen LogP contribution >= 0.6 is 24.0 Å². The van der Waals surface area contributed by atoms with Crippen molar-refractivity contribution in [2.45, 2.75) is 54.1 Å². The second-order valence-electron chi connectivity index (χ2n) is 7.55. The molecule has 0 aromatic heterocycles. The summed E-state index contributed by atoms with van der Waals surface area (Å²) in [6.07, 6.45) is 1.30. The van der Waals surface area contributed by atoms with Crippen LogP contribution < -0.4 is 10.6 Å². The van der Waals surface area contributed by atoms with E-state index in [1.807, 2.05) is 0 Å². The van der Waals surface area contributed by atoms with E-state index in [0.29, 0.717) is 12.0 Å². The van der Waals surface area contributed by atoms with E-state index in [4.69, 9.17) is 9.73 Å². The molecule has 2 N–H and O–H groups in total. The van der Waals surface area contributed by atoms with Crippen LogP contribution in [0.25, 0.3) is 0 Å². The molecule has 0 aliphatic heterocycles. The Kier molecular flexibility index (Phi) is 15.4. The zero-order valence-electron chi connectivity index (χ0n) is 17.1. The molecule has 0 saturated carbocycles. The number of hydrogen-bond acceptors (Lipinski definition) is 3. The third-order valence-corrected chi connectivity index (χ3v) is 3.60. The van der Waals surface area contributed by atoms with Gasteiger partial charge in [0.15, 0.2) is 5.96 Å². The van der Waals surface area contributed by atoms with Gasteiger partial charge in [0.1, 0.15) is 0 Å². The summed E-state index contributed by atoms with van der Waals surface area (Å²) in [5.41, 5.74) is 0.164. The summed E-state index contributed by atoms with van der Waals surface area (Å²) in [5.74, 6) is 1.44. The number of hydrogen-bond donors (Lipinski definition) is 2. The Balaban J connectivity index is 0. The minimum absolute atomic E-state index is 0. The minimum Gasteiger partial charge on any atom is -0.378 e. The fourth-order valence-corrected chi connectivity index (χ4v) is 2.70. The number of guanidine groups is 1. The second kappa shape index (κ2) is 14.1. The lowest BCUT2D eigenvalue weighted by Gasteiger charge is -2.27. The van der Waals surface area contributed by atoms with Crippen molar-refractivity contribution >= 4 is 29.9 Å². The maximum absolute atomic E-state index is 5.80. The minimum atomic E-state index is 0. The molecule has 0 spiro atoms. The molecule has 0 bridgehead atoms. The number of halogens is 1. The Hall–Kier alpha value is -0.0800. The molecule has 0 heterocycles. The molecule has 6 heteroatoms. The van der Waals surface area contributed by atoms with Crippen molar-refractivity contribution in [2.75, 3.05) is 46.9 Å². The molecular weight excluding hydrogens is 415 g/mol. The molecule has 5 nitrogen and oxygen atoms in total. The summed E-state index contributed by atoms with van der Waals surface area (Å²) in [4.78, 5) is 6.97. The monoisotopic (exact) mass is 456 g/mol. The van der Waals surface area contributed by atoms with Crippen LogP contribution in [0.15, 0.2) is 4.99 Å². The Bertz CT molecular complexity index is 333. The van der Waals surface area contributed by atoms with E-state index in [1.54, 1.807) is 0 Å². The standard InChI is InChI=1S/C18H40N4O.HI/c1-9-19-17(21-13-18(5,6)14-22(7)8)20-12-11-16(15(3)4)23-10-2;/h15-16H,9-14H2,1-8H3,(H2,19,20,21);1H. The first-order valence-electron chi connectivity index (χ1n) is 9.00. The van der Waals surface area contributed by atoms with Crippen molar-refractivity contribution in [3.8, 4) is 0 Å². The van der Waals surface area contributed by atoms with Crippen molar-refractivity contribution in [1.29, 1.82) is 0 Å². The molecule has 1 atom stereocenters. The number of ether oxygens (including phenoxy) is 1. The molecule has 0 amide bonds. The zero-order chi connectivity index (χ0) is 17.9. The highest BCUT2D eigenvalue weighted by Crippen LogP contribution is 2.16. The van der Waals surface area contributed by atoms with Gasteiger partial charge in [0, 0.05) is 32.8 Å². The molecule has 0 saturated heterocycles. The molecule has 0 fully saturated rings. The largest absolute Gasteiger partial charge is 0.378 e. The van der Waals surface area contributed by atoms with Gasteiger partial charge in [-0.1, -0.05) is 27.7 Å².